The molecule has 5 heteroatoms. The van der Waals surface area contributed by atoms with E-state index in [1.165, 1.54) is 0 Å². The summed E-state index contributed by atoms with van der Waals surface area (Å²) >= 11 is 1.14. The lowest BCUT2D eigenvalue weighted by atomic mass is 10.2. The fourth-order valence-corrected chi connectivity index (χ4v) is 1.49. The molecule has 0 spiro atoms. The largest absolute Gasteiger partial charge is 0.477 e. The number of hydrogen-bond donors (Lipinski definition) is 2. The Kier molecular flexibility index (Phi) is 2.99. The van der Waals surface area contributed by atoms with Crippen molar-refractivity contribution in [3.63, 3.8) is 0 Å². The molecule has 0 bridgehead atoms. The van der Waals surface area contributed by atoms with Gasteiger partial charge in [-0.3, -0.25) is 0 Å². The second-order valence-corrected chi connectivity index (χ2v) is 3.86. The van der Waals surface area contributed by atoms with E-state index in [2.05, 4.69) is 18.7 Å². The molecule has 2 N–H and O–H groups in total. The molecule has 0 fully saturated rings. The van der Waals surface area contributed by atoms with Gasteiger partial charge in [0.1, 0.15) is 4.91 Å². The highest BCUT2D eigenvalue weighted by atomic mass is 32.2. The molecule has 0 saturated heterocycles. The van der Waals surface area contributed by atoms with E-state index in [0.717, 1.165) is 18.5 Å². The van der Waals surface area contributed by atoms with Gasteiger partial charge in [0.2, 0.25) is 0 Å². The SMILES string of the molecule is CC(C)CN1C=C(C(=O)O)SN1. The van der Waals surface area contributed by atoms with Crippen LogP contribution in [0.3, 0.4) is 0 Å². The highest BCUT2D eigenvalue weighted by Crippen LogP contribution is 2.20. The average Bonchev–Trinajstić information content (AvgIpc) is 2.34. The van der Waals surface area contributed by atoms with Crippen LogP contribution in [0.2, 0.25) is 0 Å². The molecule has 1 aliphatic rings. The van der Waals surface area contributed by atoms with Gasteiger partial charge >= 0.3 is 5.97 Å². The van der Waals surface area contributed by atoms with Gasteiger partial charge in [-0.2, -0.15) is 4.83 Å². The molecule has 0 aromatic heterocycles. The van der Waals surface area contributed by atoms with Crippen molar-refractivity contribution in [2.75, 3.05) is 6.54 Å². The second kappa shape index (κ2) is 3.82. The normalized spacial score (nSPS) is 16.9. The van der Waals surface area contributed by atoms with Crippen LogP contribution in [0.1, 0.15) is 13.8 Å². The zero-order chi connectivity index (χ0) is 9.14. The van der Waals surface area contributed by atoms with Crippen LogP contribution in [0.5, 0.6) is 0 Å². The van der Waals surface area contributed by atoms with Gasteiger partial charge in [0.05, 0.1) is 0 Å². The lowest BCUT2D eigenvalue weighted by molar-refractivity contribution is -0.131. The summed E-state index contributed by atoms with van der Waals surface area (Å²) in [5.41, 5.74) is 0. The maximum atomic E-state index is 10.5. The minimum absolute atomic E-state index is 0.343. The van der Waals surface area contributed by atoms with Gasteiger partial charge < -0.3 is 10.1 Å². The molecule has 0 radical (unpaired) electrons. The monoisotopic (exact) mass is 188 g/mol. The molecule has 12 heavy (non-hydrogen) atoms. The summed E-state index contributed by atoms with van der Waals surface area (Å²) < 4.78 is 0. The van der Waals surface area contributed by atoms with Crippen molar-refractivity contribution in [3.8, 4) is 0 Å². The zero-order valence-electron chi connectivity index (χ0n) is 7.07. The van der Waals surface area contributed by atoms with Gasteiger partial charge in [-0.15, -0.1) is 0 Å². The molecular weight excluding hydrogens is 176 g/mol. The average molecular weight is 188 g/mol. The highest BCUT2D eigenvalue weighted by Gasteiger charge is 2.18. The minimum Gasteiger partial charge on any atom is -0.477 e. The van der Waals surface area contributed by atoms with Crippen LogP contribution in [0.25, 0.3) is 0 Å². The van der Waals surface area contributed by atoms with Gasteiger partial charge in [0.25, 0.3) is 0 Å². The van der Waals surface area contributed by atoms with Crippen molar-refractivity contribution < 1.29 is 9.90 Å². The molecule has 1 heterocycles. The number of carbonyl (C=O) groups is 1. The van der Waals surface area contributed by atoms with E-state index in [0.29, 0.717) is 10.8 Å². The van der Waals surface area contributed by atoms with E-state index >= 15 is 0 Å². The van der Waals surface area contributed by atoms with Gasteiger partial charge in [-0.1, -0.05) is 13.8 Å². The Hall–Kier alpha value is -0.680. The Balaban J connectivity index is 2.47. The molecule has 0 unspecified atom stereocenters. The summed E-state index contributed by atoms with van der Waals surface area (Å²) in [5.74, 6) is -0.360. The number of nitrogens with one attached hydrogen (secondary N) is 1. The van der Waals surface area contributed by atoms with E-state index in [1.807, 2.05) is 0 Å². The van der Waals surface area contributed by atoms with E-state index < -0.39 is 5.97 Å². The van der Waals surface area contributed by atoms with Gasteiger partial charge in [-0.05, 0) is 17.9 Å². The Bertz CT molecular complexity index is 215. The molecule has 68 valence electrons. The fraction of sp³-hybridized carbons (Fsp3) is 0.571. The van der Waals surface area contributed by atoms with Crippen LogP contribution in [0.15, 0.2) is 11.1 Å². The topological polar surface area (TPSA) is 52.6 Å². The molecule has 0 atom stereocenters. The zero-order valence-corrected chi connectivity index (χ0v) is 7.89. The highest BCUT2D eigenvalue weighted by molar-refractivity contribution is 8.02. The van der Waals surface area contributed by atoms with Gasteiger partial charge in [0.15, 0.2) is 0 Å². The first-order chi connectivity index (χ1) is 5.59. The number of nitrogens with zero attached hydrogens (tertiary/aromatic N) is 1. The lowest BCUT2D eigenvalue weighted by Crippen LogP contribution is -2.27. The molecule has 1 aliphatic heterocycles. The Labute approximate surface area is 75.7 Å². The van der Waals surface area contributed by atoms with Crippen LogP contribution in [-0.2, 0) is 4.79 Å². The predicted octanol–water partition coefficient (Wildman–Crippen LogP) is 1.04. The minimum atomic E-state index is -0.876. The van der Waals surface area contributed by atoms with Crippen molar-refractivity contribution in [1.29, 1.82) is 0 Å². The first-order valence-corrected chi connectivity index (χ1v) is 4.55. The maximum Gasteiger partial charge on any atom is 0.345 e. The molecule has 0 aromatic rings. The predicted molar refractivity (Wildman–Crippen MR) is 48.0 cm³/mol. The third-order valence-corrected chi connectivity index (χ3v) is 2.14. The van der Waals surface area contributed by atoms with Crippen LogP contribution >= 0.6 is 11.9 Å². The van der Waals surface area contributed by atoms with E-state index in [1.54, 1.807) is 11.2 Å². The van der Waals surface area contributed by atoms with Crippen molar-refractivity contribution in [3.05, 3.63) is 11.1 Å². The van der Waals surface area contributed by atoms with Crippen molar-refractivity contribution in [2.45, 2.75) is 13.8 Å². The Morgan fingerprint density at radius 2 is 2.50 bits per heavy atom. The molecule has 0 aliphatic carbocycles. The number of rotatable bonds is 3. The first-order valence-electron chi connectivity index (χ1n) is 3.74. The fourth-order valence-electron chi connectivity index (χ4n) is 0.884. The smallest absolute Gasteiger partial charge is 0.345 e. The first kappa shape index (κ1) is 9.41. The van der Waals surface area contributed by atoms with Crippen molar-refractivity contribution in [1.82, 2.24) is 9.84 Å². The number of carboxylic acid groups (broad SMARTS) is 1. The second-order valence-electron chi connectivity index (χ2n) is 3.04. The maximum absolute atomic E-state index is 10.5. The lowest BCUT2D eigenvalue weighted by Gasteiger charge is -2.16. The standard InChI is InChI=1S/C7H12N2O2S/c1-5(2)3-9-4-6(7(10)11)12-8-9/h4-5,8H,3H2,1-2H3,(H,10,11). The number of aliphatic carboxylic acids is 1. The molecule has 4 nitrogen and oxygen atoms in total. The third kappa shape index (κ3) is 2.42. The molecule has 0 amide bonds. The molecule has 0 aromatic carbocycles. The van der Waals surface area contributed by atoms with E-state index in [9.17, 15) is 4.79 Å². The number of hydrogen-bond acceptors (Lipinski definition) is 4. The number of carboxylic acids is 1. The van der Waals surface area contributed by atoms with Gasteiger partial charge in [-0.25, -0.2) is 4.79 Å². The van der Waals surface area contributed by atoms with E-state index in [4.69, 9.17) is 5.11 Å². The molecule has 0 saturated carbocycles. The summed E-state index contributed by atoms with van der Waals surface area (Å²) in [6.45, 7) is 4.99. The van der Waals surface area contributed by atoms with Crippen molar-refractivity contribution in [2.24, 2.45) is 5.92 Å². The third-order valence-electron chi connectivity index (χ3n) is 1.32. The van der Waals surface area contributed by atoms with Crippen LogP contribution in [-0.4, -0.2) is 22.6 Å². The Morgan fingerprint density at radius 3 is 2.92 bits per heavy atom. The van der Waals surface area contributed by atoms with Crippen LogP contribution in [0.4, 0.5) is 0 Å². The van der Waals surface area contributed by atoms with Gasteiger partial charge in [0, 0.05) is 12.7 Å². The van der Waals surface area contributed by atoms with Crippen molar-refractivity contribution >= 4 is 17.9 Å². The Morgan fingerprint density at radius 1 is 1.83 bits per heavy atom. The van der Waals surface area contributed by atoms with E-state index in [-0.39, 0.29) is 0 Å². The summed E-state index contributed by atoms with van der Waals surface area (Å²) in [5, 5.41) is 10.4. The number of hydrazine groups is 1. The van der Waals surface area contributed by atoms with Crippen LogP contribution < -0.4 is 4.83 Å². The quantitative estimate of drug-likeness (QED) is 0.648. The molecular formula is C7H12N2O2S. The summed E-state index contributed by atoms with van der Waals surface area (Å²) in [4.78, 5) is 13.7. The summed E-state index contributed by atoms with van der Waals surface area (Å²) in [7, 11) is 0. The van der Waals surface area contributed by atoms with Crippen LogP contribution in [0, 0.1) is 5.92 Å². The molecule has 1 rings (SSSR count). The summed E-state index contributed by atoms with van der Waals surface area (Å²) in [6, 6.07) is 0. The summed E-state index contributed by atoms with van der Waals surface area (Å²) in [6.07, 6.45) is 1.62.